The molecule has 1 amide bonds. The Kier molecular flexibility index (Phi) is 7.73. The molecule has 1 aromatic heterocycles. The molecule has 1 atom stereocenters. The number of aryl methyl sites for hydroxylation is 1. The fourth-order valence-electron chi connectivity index (χ4n) is 4.08. The first-order valence-electron chi connectivity index (χ1n) is 11.7. The number of carboxylic acid groups (broad SMARTS) is 1. The molecule has 1 heterocycles. The number of nitrogens with zero attached hydrogens (tertiary/aromatic N) is 1. The Morgan fingerprint density at radius 3 is 2.60 bits per heavy atom. The van der Waals surface area contributed by atoms with Crippen LogP contribution >= 0.6 is 0 Å². The van der Waals surface area contributed by atoms with Gasteiger partial charge in [-0.25, -0.2) is 4.98 Å². The van der Waals surface area contributed by atoms with Crippen LogP contribution < -0.4 is 10.1 Å². The van der Waals surface area contributed by atoms with Crippen molar-refractivity contribution in [3.8, 4) is 5.88 Å². The van der Waals surface area contributed by atoms with Crippen LogP contribution in [-0.2, 0) is 22.6 Å². The molecule has 0 aliphatic carbocycles. The van der Waals surface area contributed by atoms with Gasteiger partial charge in [0.1, 0.15) is 6.61 Å². The van der Waals surface area contributed by atoms with Crippen molar-refractivity contribution in [3.63, 3.8) is 0 Å². The van der Waals surface area contributed by atoms with Crippen molar-refractivity contribution in [1.29, 1.82) is 0 Å². The van der Waals surface area contributed by atoms with E-state index in [0.717, 1.165) is 27.5 Å². The monoisotopic (exact) mass is 468 g/mol. The quantitative estimate of drug-likeness (QED) is 0.300. The van der Waals surface area contributed by atoms with Crippen LogP contribution in [0, 0.1) is 0 Å². The van der Waals surface area contributed by atoms with E-state index in [2.05, 4.69) is 10.3 Å². The number of carbonyl (C=O) groups excluding carboxylic acids is 1. The number of aromatic nitrogens is 1. The lowest BCUT2D eigenvalue weighted by molar-refractivity contribution is -0.137. The Hall–Kier alpha value is -4.19. The minimum atomic E-state index is -0.833. The number of hydrogen-bond acceptors (Lipinski definition) is 4. The first-order chi connectivity index (χ1) is 17.0. The molecule has 0 aliphatic rings. The number of carbonyl (C=O) groups is 2. The van der Waals surface area contributed by atoms with Crippen molar-refractivity contribution >= 4 is 28.3 Å². The summed E-state index contributed by atoms with van der Waals surface area (Å²) in [4.78, 5) is 28.5. The van der Waals surface area contributed by atoms with E-state index in [-0.39, 0.29) is 18.2 Å². The highest BCUT2D eigenvalue weighted by Crippen LogP contribution is 2.28. The first kappa shape index (κ1) is 24.0. The molecule has 0 radical (unpaired) electrons. The van der Waals surface area contributed by atoms with Gasteiger partial charge >= 0.3 is 5.97 Å². The molecule has 0 fully saturated rings. The largest absolute Gasteiger partial charge is 0.481 e. The zero-order chi connectivity index (χ0) is 24.6. The van der Waals surface area contributed by atoms with Crippen molar-refractivity contribution < 1.29 is 19.4 Å². The molecule has 0 saturated carbocycles. The number of amides is 1. The average Bonchev–Trinajstić information content (AvgIpc) is 2.88. The van der Waals surface area contributed by atoms with E-state index in [1.165, 1.54) is 0 Å². The topological polar surface area (TPSA) is 88.5 Å². The summed E-state index contributed by atoms with van der Waals surface area (Å²) in [6.07, 6.45) is 2.78. The summed E-state index contributed by atoms with van der Waals surface area (Å²) in [6.45, 7) is 2.20. The Morgan fingerprint density at radius 1 is 1.00 bits per heavy atom. The Morgan fingerprint density at radius 2 is 1.80 bits per heavy atom. The zero-order valence-electron chi connectivity index (χ0n) is 19.6. The van der Waals surface area contributed by atoms with Crippen LogP contribution in [0.15, 0.2) is 85.1 Å². The van der Waals surface area contributed by atoms with Crippen LogP contribution in [0.25, 0.3) is 10.8 Å². The highest BCUT2D eigenvalue weighted by atomic mass is 16.5. The normalized spacial score (nSPS) is 11.7. The number of ether oxygens (including phenoxy) is 1. The van der Waals surface area contributed by atoms with Crippen LogP contribution in [0.1, 0.15) is 42.4 Å². The summed E-state index contributed by atoms with van der Waals surface area (Å²) in [5.74, 6) is -0.807. The van der Waals surface area contributed by atoms with Gasteiger partial charge in [0.15, 0.2) is 0 Å². The maximum Gasteiger partial charge on any atom is 0.303 e. The lowest BCUT2D eigenvalue weighted by atomic mass is 9.94. The molecule has 0 aliphatic heterocycles. The molecule has 4 rings (SSSR count). The number of fused-ring (bicyclic) bond motifs is 1. The molecule has 1 unspecified atom stereocenters. The fourth-order valence-corrected chi connectivity index (χ4v) is 4.08. The van der Waals surface area contributed by atoms with E-state index in [0.29, 0.717) is 31.0 Å². The van der Waals surface area contributed by atoms with Gasteiger partial charge in [-0.15, -0.1) is 0 Å². The van der Waals surface area contributed by atoms with Gasteiger partial charge in [0.2, 0.25) is 11.8 Å². The highest BCUT2D eigenvalue weighted by molar-refractivity contribution is 5.99. The number of nitrogens with one attached hydrogen (secondary N) is 1. The third-order valence-corrected chi connectivity index (χ3v) is 5.98. The molecule has 4 aromatic rings. The summed E-state index contributed by atoms with van der Waals surface area (Å²) < 4.78 is 5.77. The Balaban J connectivity index is 1.55. The van der Waals surface area contributed by atoms with Crippen molar-refractivity contribution in [1.82, 2.24) is 4.98 Å². The number of anilines is 1. The van der Waals surface area contributed by atoms with Gasteiger partial charge in [0.05, 0.1) is 5.92 Å². The predicted molar refractivity (Wildman–Crippen MR) is 137 cm³/mol. The second-order valence-electron chi connectivity index (χ2n) is 8.47. The smallest absolute Gasteiger partial charge is 0.303 e. The molecule has 6 nitrogen and oxygen atoms in total. The van der Waals surface area contributed by atoms with Crippen LogP contribution in [0.4, 0.5) is 5.69 Å². The van der Waals surface area contributed by atoms with Gasteiger partial charge in [0.25, 0.3) is 0 Å². The van der Waals surface area contributed by atoms with Crippen molar-refractivity contribution in [2.45, 2.75) is 38.7 Å². The molecular weight excluding hydrogens is 440 g/mol. The summed E-state index contributed by atoms with van der Waals surface area (Å²) in [7, 11) is 0. The van der Waals surface area contributed by atoms with Crippen LogP contribution in [0.3, 0.4) is 0 Å². The second-order valence-corrected chi connectivity index (χ2v) is 8.47. The molecule has 178 valence electrons. The molecule has 0 saturated heterocycles. The van der Waals surface area contributed by atoms with E-state index in [4.69, 9.17) is 9.84 Å². The molecule has 35 heavy (non-hydrogen) atoms. The van der Waals surface area contributed by atoms with Crippen LogP contribution in [-0.4, -0.2) is 22.0 Å². The van der Waals surface area contributed by atoms with Gasteiger partial charge < -0.3 is 15.2 Å². The number of pyridine rings is 1. The van der Waals surface area contributed by atoms with Crippen LogP contribution in [0.5, 0.6) is 5.88 Å². The van der Waals surface area contributed by atoms with Crippen LogP contribution in [0.2, 0.25) is 0 Å². The third-order valence-electron chi connectivity index (χ3n) is 5.98. The summed E-state index contributed by atoms with van der Waals surface area (Å²) in [5.41, 5.74) is 3.41. The van der Waals surface area contributed by atoms with E-state index in [1.807, 2.05) is 79.7 Å². The number of carboxylic acids is 1. The van der Waals surface area contributed by atoms with Gasteiger partial charge in [0, 0.05) is 24.4 Å². The van der Waals surface area contributed by atoms with E-state index in [1.54, 1.807) is 12.3 Å². The van der Waals surface area contributed by atoms with Crippen molar-refractivity contribution in [2.75, 3.05) is 5.32 Å². The van der Waals surface area contributed by atoms with Gasteiger partial charge in [-0.1, -0.05) is 60.7 Å². The maximum absolute atomic E-state index is 13.3. The summed E-state index contributed by atoms with van der Waals surface area (Å²) in [5, 5.41) is 14.3. The summed E-state index contributed by atoms with van der Waals surface area (Å²) in [6, 6.07) is 25.2. The molecule has 3 aromatic carbocycles. The zero-order valence-corrected chi connectivity index (χ0v) is 19.6. The van der Waals surface area contributed by atoms with E-state index in [9.17, 15) is 9.59 Å². The standard InChI is InChI=1S/C29H28N2O4/c1-20(24-12-6-9-22-8-2-3-11-25(22)24)29(34)31-26-18-21(19-35-27-13-4-5-17-30-27)15-16-23(26)10-7-14-28(32)33/h2-6,8-9,11-13,15-18,20H,7,10,14,19H2,1H3,(H,31,34)(H,32,33). The van der Waals surface area contributed by atoms with Gasteiger partial charge in [-0.05, 0) is 59.4 Å². The van der Waals surface area contributed by atoms with Gasteiger partial charge in [-0.2, -0.15) is 0 Å². The minimum absolute atomic E-state index is 0.0737. The first-order valence-corrected chi connectivity index (χ1v) is 11.7. The van der Waals surface area contributed by atoms with E-state index >= 15 is 0 Å². The number of aliphatic carboxylic acids is 1. The minimum Gasteiger partial charge on any atom is -0.481 e. The lowest BCUT2D eigenvalue weighted by Crippen LogP contribution is -2.20. The van der Waals surface area contributed by atoms with Crippen molar-refractivity contribution in [2.24, 2.45) is 0 Å². The predicted octanol–water partition coefficient (Wildman–Crippen LogP) is 5.96. The average molecular weight is 469 g/mol. The number of rotatable bonds is 10. The number of benzene rings is 3. The third kappa shape index (κ3) is 6.23. The molecule has 6 heteroatoms. The van der Waals surface area contributed by atoms with Gasteiger partial charge in [-0.3, -0.25) is 9.59 Å². The maximum atomic E-state index is 13.3. The molecule has 0 bridgehead atoms. The highest BCUT2D eigenvalue weighted by Gasteiger charge is 2.19. The SMILES string of the molecule is CC(C(=O)Nc1cc(COc2ccccn2)ccc1CCCC(=O)O)c1cccc2ccccc12. The number of hydrogen-bond donors (Lipinski definition) is 2. The Labute approximate surface area is 204 Å². The summed E-state index contributed by atoms with van der Waals surface area (Å²) >= 11 is 0. The van der Waals surface area contributed by atoms with Crippen molar-refractivity contribution in [3.05, 3.63) is 102 Å². The Bertz CT molecular complexity index is 1320. The lowest BCUT2D eigenvalue weighted by Gasteiger charge is -2.18. The fraction of sp³-hybridized carbons (Fsp3) is 0.207. The molecular formula is C29H28N2O4. The van der Waals surface area contributed by atoms with E-state index < -0.39 is 5.97 Å². The second kappa shape index (κ2) is 11.3. The molecule has 0 spiro atoms. The molecule has 2 N–H and O–H groups in total.